The molecule has 2 aromatic rings. The van der Waals surface area contributed by atoms with Crippen LogP contribution in [0.1, 0.15) is 10.5 Å². The van der Waals surface area contributed by atoms with Crippen molar-refractivity contribution in [3.8, 4) is 5.75 Å². The molecule has 0 bridgehead atoms. The Morgan fingerprint density at radius 1 is 1.55 bits per heavy atom. The van der Waals surface area contributed by atoms with Gasteiger partial charge in [0.05, 0.1) is 24.9 Å². The van der Waals surface area contributed by atoms with E-state index in [1.54, 1.807) is 19.2 Å². The van der Waals surface area contributed by atoms with Crippen LogP contribution < -0.4 is 10.1 Å². The van der Waals surface area contributed by atoms with Gasteiger partial charge in [0.25, 0.3) is 0 Å². The largest absolute Gasteiger partial charge is 0.495 e. The van der Waals surface area contributed by atoms with Crippen molar-refractivity contribution in [1.82, 2.24) is 15.0 Å². The van der Waals surface area contributed by atoms with E-state index < -0.39 is 5.97 Å². The maximum Gasteiger partial charge on any atom is 0.358 e. The fourth-order valence-corrected chi connectivity index (χ4v) is 1.85. The van der Waals surface area contributed by atoms with Gasteiger partial charge in [0.2, 0.25) is 0 Å². The molecule has 0 unspecified atom stereocenters. The lowest BCUT2D eigenvalue weighted by Crippen LogP contribution is -2.11. The summed E-state index contributed by atoms with van der Waals surface area (Å²) >= 11 is 6.01. The van der Waals surface area contributed by atoms with E-state index in [1.807, 2.05) is 6.07 Å². The molecule has 0 amide bonds. The second-order valence-electron chi connectivity index (χ2n) is 3.95. The van der Waals surface area contributed by atoms with E-state index in [2.05, 4.69) is 15.6 Å². The summed E-state index contributed by atoms with van der Waals surface area (Å²) in [4.78, 5) is 10.6. The Labute approximate surface area is 120 Å². The van der Waals surface area contributed by atoms with Gasteiger partial charge in [-0.15, -0.1) is 5.10 Å². The lowest BCUT2D eigenvalue weighted by atomic mass is 10.3. The Bertz CT molecular complexity index is 614. The van der Waals surface area contributed by atoms with Crippen molar-refractivity contribution < 1.29 is 14.6 Å². The fraction of sp³-hybridized carbons (Fsp3) is 0.250. The average molecular weight is 297 g/mol. The highest BCUT2D eigenvalue weighted by Crippen LogP contribution is 2.26. The summed E-state index contributed by atoms with van der Waals surface area (Å²) in [7, 11) is 1.55. The Morgan fingerprint density at radius 3 is 2.95 bits per heavy atom. The maximum atomic E-state index is 10.6. The van der Waals surface area contributed by atoms with Gasteiger partial charge in [-0.05, 0) is 18.2 Å². The highest BCUT2D eigenvalue weighted by atomic mass is 35.5. The standard InChI is InChI=1S/C12H13ClN4O3/c1-20-11-3-2-8(6-9(11)13)14-4-5-17-7-10(12(18)19)15-16-17/h2-3,6-7,14H,4-5H2,1H3,(H,18,19). The van der Waals surface area contributed by atoms with Crippen LogP contribution in [-0.4, -0.2) is 39.7 Å². The molecule has 1 aromatic carbocycles. The van der Waals surface area contributed by atoms with Crippen molar-refractivity contribution in [2.24, 2.45) is 0 Å². The Balaban J connectivity index is 1.89. The number of ether oxygens (including phenoxy) is 1. The number of nitrogens with zero attached hydrogens (tertiary/aromatic N) is 3. The third-order valence-electron chi connectivity index (χ3n) is 2.58. The Kier molecular flexibility index (Phi) is 4.41. The van der Waals surface area contributed by atoms with Gasteiger partial charge in [-0.3, -0.25) is 0 Å². The third kappa shape index (κ3) is 3.39. The van der Waals surface area contributed by atoms with Crippen molar-refractivity contribution in [2.75, 3.05) is 19.0 Å². The predicted molar refractivity (Wildman–Crippen MR) is 73.5 cm³/mol. The summed E-state index contributed by atoms with van der Waals surface area (Å²) in [6.45, 7) is 1.05. The number of hydrogen-bond acceptors (Lipinski definition) is 5. The molecule has 0 spiro atoms. The highest BCUT2D eigenvalue weighted by Gasteiger charge is 2.07. The molecule has 1 heterocycles. The molecule has 7 nitrogen and oxygen atoms in total. The molecule has 0 aliphatic rings. The molecule has 0 saturated heterocycles. The first-order valence-corrected chi connectivity index (χ1v) is 6.19. The van der Waals surface area contributed by atoms with Crippen LogP contribution in [0.15, 0.2) is 24.4 Å². The van der Waals surface area contributed by atoms with Crippen molar-refractivity contribution in [3.63, 3.8) is 0 Å². The van der Waals surface area contributed by atoms with Crippen LogP contribution in [0.2, 0.25) is 5.02 Å². The first kappa shape index (κ1) is 14.1. The average Bonchev–Trinajstić information content (AvgIpc) is 2.88. The number of rotatable bonds is 6. The van der Waals surface area contributed by atoms with Crippen LogP contribution in [0.4, 0.5) is 5.69 Å². The van der Waals surface area contributed by atoms with Gasteiger partial charge in [0.15, 0.2) is 5.69 Å². The van der Waals surface area contributed by atoms with Gasteiger partial charge in [-0.25, -0.2) is 9.48 Å². The number of aromatic nitrogens is 3. The van der Waals surface area contributed by atoms with Crippen LogP contribution in [-0.2, 0) is 6.54 Å². The Hall–Kier alpha value is -2.28. The van der Waals surface area contributed by atoms with E-state index in [1.165, 1.54) is 10.9 Å². The number of carboxylic acid groups (broad SMARTS) is 1. The summed E-state index contributed by atoms with van der Waals surface area (Å²) in [6.07, 6.45) is 1.38. The lowest BCUT2D eigenvalue weighted by molar-refractivity contribution is 0.0690. The monoisotopic (exact) mass is 296 g/mol. The molecule has 106 valence electrons. The minimum absolute atomic E-state index is 0.0718. The number of methoxy groups -OCH3 is 1. The first-order chi connectivity index (χ1) is 9.60. The number of hydrogen-bond donors (Lipinski definition) is 2. The van der Waals surface area contributed by atoms with Crippen LogP contribution in [0, 0.1) is 0 Å². The van der Waals surface area contributed by atoms with Gasteiger partial charge < -0.3 is 15.2 Å². The lowest BCUT2D eigenvalue weighted by Gasteiger charge is -2.08. The molecule has 8 heteroatoms. The zero-order chi connectivity index (χ0) is 14.5. The summed E-state index contributed by atoms with van der Waals surface area (Å²) in [5.74, 6) is -0.481. The third-order valence-corrected chi connectivity index (χ3v) is 2.87. The highest BCUT2D eigenvalue weighted by molar-refractivity contribution is 6.32. The van der Waals surface area contributed by atoms with E-state index in [4.69, 9.17) is 21.4 Å². The first-order valence-electron chi connectivity index (χ1n) is 5.81. The van der Waals surface area contributed by atoms with Gasteiger partial charge in [-0.2, -0.15) is 0 Å². The zero-order valence-electron chi connectivity index (χ0n) is 10.7. The van der Waals surface area contributed by atoms with E-state index in [9.17, 15) is 4.79 Å². The van der Waals surface area contributed by atoms with E-state index in [0.29, 0.717) is 23.9 Å². The van der Waals surface area contributed by atoms with Gasteiger partial charge in [0.1, 0.15) is 5.75 Å². The minimum Gasteiger partial charge on any atom is -0.495 e. The van der Waals surface area contributed by atoms with Gasteiger partial charge in [-0.1, -0.05) is 16.8 Å². The van der Waals surface area contributed by atoms with Crippen LogP contribution in [0.3, 0.4) is 0 Å². The van der Waals surface area contributed by atoms with Crippen LogP contribution in [0.5, 0.6) is 5.75 Å². The van der Waals surface area contributed by atoms with Gasteiger partial charge >= 0.3 is 5.97 Å². The molecule has 0 atom stereocenters. The molecule has 0 aliphatic carbocycles. The van der Waals surface area contributed by atoms with Crippen molar-refractivity contribution in [1.29, 1.82) is 0 Å². The number of nitrogens with one attached hydrogen (secondary N) is 1. The number of carbonyl (C=O) groups is 1. The van der Waals surface area contributed by atoms with Gasteiger partial charge in [0, 0.05) is 12.2 Å². The molecule has 0 aliphatic heterocycles. The number of benzene rings is 1. The normalized spacial score (nSPS) is 10.3. The molecular weight excluding hydrogens is 284 g/mol. The molecule has 2 rings (SSSR count). The molecule has 2 N–H and O–H groups in total. The smallest absolute Gasteiger partial charge is 0.358 e. The van der Waals surface area contributed by atoms with E-state index in [-0.39, 0.29) is 5.69 Å². The summed E-state index contributed by atoms with van der Waals surface area (Å²) in [5, 5.41) is 19.6. The molecule has 1 aromatic heterocycles. The number of anilines is 1. The second-order valence-corrected chi connectivity index (χ2v) is 4.36. The van der Waals surface area contributed by atoms with Crippen LogP contribution in [0.25, 0.3) is 0 Å². The maximum absolute atomic E-state index is 10.6. The molecule has 0 saturated carbocycles. The molecule has 20 heavy (non-hydrogen) atoms. The number of halogens is 1. The predicted octanol–water partition coefficient (Wildman–Crippen LogP) is 1.75. The van der Waals surface area contributed by atoms with Crippen molar-refractivity contribution >= 4 is 23.3 Å². The quantitative estimate of drug-likeness (QED) is 0.844. The number of carboxylic acids is 1. The molecule has 0 radical (unpaired) electrons. The van der Waals surface area contributed by atoms with E-state index >= 15 is 0 Å². The second kappa shape index (κ2) is 6.25. The Morgan fingerprint density at radius 2 is 2.35 bits per heavy atom. The summed E-state index contributed by atoms with van der Waals surface area (Å²) < 4.78 is 6.52. The number of aromatic carboxylic acids is 1. The van der Waals surface area contributed by atoms with Crippen molar-refractivity contribution in [3.05, 3.63) is 35.1 Å². The van der Waals surface area contributed by atoms with Crippen molar-refractivity contribution in [2.45, 2.75) is 6.54 Å². The SMILES string of the molecule is COc1ccc(NCCn2cc(C(=O)O)nn2)cc1Cl. The fourth-order valence-electron chi connectivity index (χ4n) is 1.60. The molecular formula is C12H13ClN4O3. The topological polar surface area (TPSA) is 89.3 Å². The molecule has 0 fully saturated rings. The summed E-state index contributed by atoms with van der Waals surface area (Å²) in [5.41, 5.74) is 0.770. The summed E-state index contributed by atoms with van der Waals surface area (Å²) in [6, 6.07) is 5.36. The zero-order valence-corrected chi connectivity index (χ0v) is 11.5. The minimum atomic E-state index is -1.09. The van der Waals surface area contributed by atoms with Crippen LogP contribution >= 0.6 is 11.6 Å². The van der Waals surface area contributed by atoms with E-state index in [0.717, 1.165) is 5.69 Å².